The second-order valence-corrected chi connectivity index (χ2v) is 9.35. The number of nitrogens with zero attached hydrogens (tertiary/aromatic N) is 2. The third kappa shape index (κ3) is 3.89. The molecule has 0 fully saturated rings. The van der Waals surface area contributed by atoms with Gasteiger partial charge in [-0.1, -0.05) is 40.2 Å². The van der Waals surface area contributed by atoms with Crippen LogP contribution in [0.25, 0.3) is 10.9 Å². The first-order chi connectivity index (χ1) is 15.5. The van der Waals surface area contributed by atoms with E-state index in [1.54, 1.807) is 0 Å². The average Bonchev–Trinajstić information content (AvgIpc) is 3.20. The Morgan fingerprint density at radius 2 is 1.81 bits per heavy atom. The number of rotatable bonds is 5. The van der Waals surface area contributed by atoms with E-state index in [0.717, 1.165) is 44.8 Å². The number of para-hydroxylation sites is 1. The topological polar surface area (TPSA) is 48.5 Å². The number of benzene rings is 3. The molecule has 1 aliphatic heterocycles. The number of H-pyrrole nitrogens is 1. The molecule has 1 aliphatic rings. The highest BCUT2D eigenvalue weighted by Gasteiger charge is 2.32. The molecule has 1 N–H and O–H groups in total. The number of aromatic nitrogens is 1. The molecule has 4 nitrogen and oxygen atoms in total. The molecule has 1 aromatic heterocycles. The summed E-state index contributed by atoms with van der Waals surface area (Å²) in [7, 11) is 4.03. The van der Waals surface area contributed by atoms with Gasteiger partial charge in [0.25, 0.3) is 0 Å². The van der Waals surface area contributed by atoms with Crippen molar-refractivity contribution < 1.29 is 4.79 Å². The van der Waals surface area contributed by atoms with Gasteiger partial charge >= 0.3 is 0 Å². The molecule has 5 rings (SSSR count). The first-order valence-electron chi connectivity index (χ1n) is 10.7. The fraction of sp³-hybridized carbons (Fsp3) is 0.185. The molecular weight excluding hydrogens is 462 g/mol. The molecule has 0 bridgehead atoms. The maximum absolute atomic E-state index is 13.6. The molecule has 1 atom stereocenters. The highest BCUT2D eigenvalue weighted by molar-refractivity contribution is 9.10. The minimum atomic E-state index is -0.358. The van der Waals surface area contributed by atoms with Crippen LogP contribution in [0.1, 0.15) is 34.0 Å². The van der Waals surface area contributed by atoms with Crippen LogP contribution < -0.4 is 4.90 Å². The van der Waals surface area contributed by atoms with Gasteiger partial charge in [0, 0.05) is 52.1 Å². The molecule has 0 saturated heterocycles. The van der Waals surface area contributed by atoms with E-state index >= 15 is 0 Å². The molecule has 32 heavy (non-hydrogen) atoms. The summed E-state index contributed by atoms with van der Waals surface area (Å²) >= 11 is 3.54. The van der Waals surface area contributed by atoms with Gasteiger partial charge in [0.1, 0.15) is 0 Å². The minimum Gasteiger partial charge on any atom is -0.378 e. The fourth-order valence-corrected chi connectivity index (χ4v) is 4.77. The normalized spacial score (nSPS) is 15.5. The van der Waals surface area contributed by atoms with E-state index in [0.29, 0.717) is 12.0 Å². The number of aliphatic imine (C=N–C) groups is 1. The molecule has 160 valence electrons. The number of nitrogens with one attached hydrogen (secondary N) is 1. The SMILES string of the molecule is CN(C)c1cccc(C2C(=O)c3ccccc3N=C2CCc2cc3cc(Br)ccc3[nH]2)c1. The predicted molar refractivity (Wildman–Crippen MR) is 136 cm³/mol. The zero-order valence-corrected chi connectivity index (χ0v) is 19.7. The van der Waals surface area contributed by atoms with E-state index < -0.39 is 0 Å². The summed E-state index contributed by atoms with van der Waals surface area (Å²) in [4.78, 5) is 24.1. The molecule has 0 saturated carbocycles. The number of anilines is 1. The number of hydrogen-bond acceptors (Lipinski definition) is 3. The summed E-state index contributed by atoms with van der Waals surface area (Å²) in [5.41, 5.74) is 6.73. The van der Waals surface area contributed by atoms with Crippen LogP contribution in [0.15, 0.2) is 82.3 Å². The Morgan fingerprint density at radius 3 is 2.66 bits per heavy atom. The Kier molecular flexibility index (Phi) is 5.43. The third-order valence-electron chi connectivity index (χ3n) is 6.04. The number of Topliss-reactive ketones (excluding diaryl/α,β-unsaturated/α-hetero) is 1. The summed E-state index contributed by atoms with van der Waals surface area (Å²) < 4.78 is 1.07. The van der Waals surface area contributed by atoms with Gasteiger partial charge in [0.2, 0.25) is 0 Å². The van der Waals surface area contributed by atoms with Crippen molar-refractivity contribution in [3.05, 3.63) is 94.1 Å². The highest BCUT2D eigenvalue weighted by atomic mass is 79.9. The average molecular weight is 486 g/mol. The maximum atomic E-state index is 13.6. The number of carbonyl (C=O) groups is 1. The van der Waals surface area contributed by atoms with E-state index in [9.17, 15) is 4.79 Å². The van der Waals surface area contributed by atoms with Crippen LogP contribution in [0.2, 0.25) is 0 Å². The monoisotopic (exact) mass is 485 g/mol. The van der Waals surface area contributed by atoms with E-state index in [4.69, 9.17) is 4.99 Å². The second-order valence-electron chi connectivity index (χ2n) is 8.43. The maximum Gasteiger partial charge on any atom is 0.178 e. The lowest BCUT2D eigenvalue weighted by Gasteiger charge is -2.25. The molecule has 0 aliphatic carbocycles. The van der Waals surface area contributed by atoms with E-state index in [-0.39, 0.29) is 11.7 Å². The number of aromatic amines is 1. The quantitative estimate of drug-likeness (QED) is 0.342. The van der Waals surface area contributed by atoms with Gasteiger partial charge in [0.15, 0.2) is 5.78 Å². The number of ketones is 1. The summed E-state index contributed by atoms with van der Waals surface area (Å²) in [6.45, 7) is 0. The molecule has 2 heterocycles. The zero-order valence-electron chi connectivity index (χ0n) is 18.1. The van der Waals surface area contributed by atoms with Crippen LogP contribution >= 0.6 is 15.9 Å². The number of halogens is 1. The highest BCUT2D eigenvalue weighted by Crippen LogP contribution is 2.36. The molecule has 0 amide bonds. The van der Waals surface area contributed by atoms with Crippen LogP contribution in [0.4, 0.5) is 11.4 Å². The van der Waals surface area contributed by atoms with Gasteiger partial charge < -0.3 is 9.88 Å². The summed E-state index contributed by atoms with van der Waals surface area (Å²) in [6.07, 6.45) is 1.51. The Hall–Kier alpha value is -3.18. The van der Waals surface area contributed by atoms with Gasteiger partial charge in [-0.15, -0.1) is 0 Å². The first-order valence-corrected chi connectivity index (χ1v) is 11.5. The largest absolute Gasteiger partial charge is 0.378 e. The molecule has 0 spiro atoms. The van der Waals surface area contributed by atoms with Crippen molar-refractivity contribution >= 4 is 49.7 Å². The predicted octanol–water partition coefficient (Wildman–Crippen LogP) is 6.68. The molecule has 1 unspecified atom stereocenters. The van der Waals surface area contributed by atoms with Crippen molar-refractivity contribution in [2.75, 3.05) is 19.0 Å². The summed E-state index contributed by atoms with van der Waals surface area (Å²) in [6, 6.07) is 24.3. The first kappa shape index (κ1) is 20.7. The fourth-order valence-electron chi connectivity index (χ4n) is 4.39. The Labute approximate surface area is 196 Å². The van der Waals surface area contributed by atoms with Crippen LogP contribution in [0.5, 0.6) is 0 Å². The van der Waals surface area contributed by atoms with Crippen molar-refractivity contribution in [3.8, 4) is 0 Å². The van der Waals surface area contributed by atoms with E-state index in [2.05, 4.69) is 56.1 Å². The van der Waals surface area contributed by atoms with Crippen molar-refractivity contribution in [2.45, 2.75) is 18.8 Å². The number of fused-ring (bicyclic) bond motifs is 2. The van der Waals surface area contributed by atoms with Gasteiger partial charge in [-0.2, -0.15) is 0 Å². The van der Waals surface area contributed by atoms with E-state index in [1.165, 1.54) is 5.39 Å². The van der Waals surface area contributed by atoms with Crippen LogP contribution in [0.3, 0.4) is 0 Å². The van der Waals surface area contributed by atoms with Gasteiger partial charge in [0.05, 0.1) is 11.6 Å². The van der Waals surface area contributed by atoms with Crippen molar-refractivity contribution in [2.24, 2.45) is 4.99 Å². The van der Waals surface area contributed by atoms with Crippen LogP contribution in [0, 0.1) is 0 Å². The number of hydrogen-bond donors (Lipinski definition) is 1. The number of carbonyl (C=O) groups excluding carboxylic acids is 1. The molecule has 5 heteroatoms. The molecule has 3 aromatic carbocycles. The standard InChI is InChI=1S/C27H24BrN3O/c1-31(2)21-7-5-6-17(16-21)26-25(30-24-9-4-3-8-22(24)27(26)32)13-11-20-15-18-14-19(28)10-12-23(18)29-20/h3-10,12,14-16,26,29H,11,13H2,1-2H3. The van der Waals surface area contributed by atoms with Crippen molar-refractivity contribution in [1.82, 2.24) is 4.98 Å². The van der Waals surface area contributed by atoms with Gasteiger partial charge in [-0.05, 0) is 66.9 Å². The molecular formula is C27H24BrN3O. The third-order valence-corrected chi connectivity index (χ3v) is 6.53. The second kappa shape index (κ2) is 8.40. The number of aryl methyl sites for hydroxylation is 1. The van der Waals surface area contributed by atoms with Crippen LogP contribution in [-0.4, -0.2) is 30.6 Å². The summed E-state index contributed by atoms with van der Waals surface area (Å²) in [5.74, 6) is -0.231. The lowest BCUT2D eigenvalue weighted by atomic mass is 9.82. The smallest absolute Gasteiger partial charge is 0.178 e. The Morgan fingerprint density at radius 1 is 0.969 bits per heavy atom. The molecule has 0 radical (unpaired) electrons. The minimum absolute atomic E-state index is 0.127. The van der Waals surface area contributed by atoms with Gasteiger partial charge in [-0.3, -0.25) is 9.79 Å². The Balaban J connectivity index is 1.51. The van der Waals surface area contributed by atoms with Gasteiger partial charge in [-0.25, -0.2) is 0 Å². The van der Waals surface area contributed by atoms with E-state index in [1.807, 2.05) is 56.6 Å². The van der Waals surface area contributed by atoms with Crippen molar-refractivity contribution in [3.63, 3.8) is 0 Å². The van der Waals surface area contributed by atoms with Crippen molar-refractivity contribution in [1.29, 1.82) is 0 Å². The van der Waals surface area contributed by atoms with Crippen LogP contribution in [-0.2, 0) is 6.42 Å². The Bertz CT molecular complexity index is 1350. The summed E-state index contributed by atoms with van der Waals surface area (Å²) in [5, 5.41) is 1.18. The zero-order chi connectivity index (χ0) is 22.2. The lowest BCUT2D eigenvalue weighted by Crippen LogP contribution is -2.26. The molecule has 4 aromatic rings. The lowest BCUT2D eigenvalue weighted by molar-refractivity contribution is 0.0981.